The summed E-state index contributed by atoms with van der Waals surface area (Å²) >= 11 is 0. The molecule has 5 aliphatic rings. The fourth-order valence-corrected chi connectivity index (χ4v) is 10.4. The average molecular weight is 476 g/mol. The monoisotopic (exact) mass is 475 g/mol. The molecule has 0 heterocycles. The molecule has 0 N–H and O–H groups in total. The average Bonchev–Trinajstić information content (AvgIpc) is 2.77. The van der Waals surface area contributed by atoms with Crippen molar-refractivity contribution in [2.75, 3.05) is 0 Å². The van der Waals surface area contributed by atoms with E-state index in [-0.39, 0.29) is 39.4 Å². The molecule has 3 nitrogen and oxygen atoms in total. The Bertz CT molecular complexity index is 1100. The van der Waals surface area contributed by atoms with E-state index in [1.807, 2.05) is 26.0 Å². The van der Waals surface area contributed by atoms with Gasteiger partial charge < -0.3 is 0 Å². The van der Waals surface area contributed by atoms with Gasteiger partial charge in [0.05, 0.1) is 5.57 Å². The Morgan fingerprint density at radius 3 is 2.26 bits per heavy atom. The zero-order valence-electron chi connectivity index (χ0n) is 23.3. The number of nitrogens with zero attached hydrogens (tertiary/aromatic N) is 1. The number of carbonyl (C=O) groups is 2. The number of carbonyl (C=O) groups excluding carboxylic acids is 2. The fraction of sp³-hybridized carbons (Fsp3) is 0.781. The zero-order valence-corrected chi connectivity index (χ0v) is 23.3. The van der Waals surface area contributed by atoms with Crippen molar-refractivity contribution in [3.8, 4) is 6.07 Å². The molecule has 5 aliphatic carbocycles. The number of hydrogen-bond acceptors (Lipinski definition) is 3. The van der Waals surface area contributed by atoms with Crippen LogP contribution in [-0.2, 0) is 9.59 Å². The second kappa shape index (κ2) is 7.20. The van der Waals surface area contributed by atoms with Crippen molar-refractivity contribution in [1.82, 2.24) is 0 Å². The van der Waals surface area contributed by atoms with Crippen LogP contribution < -0.4 is 0 Å². The highest BCUT2D eigenvalue weighted by atomic mass is 16.1. The van der Waals surface area contributed by atoms with E-state index in [4.69, 9.17) is 0 Å². The molecule has 0 saturated heterocycles. The maximum atomic E-state index is 14.3. The molecule has 190 valence electrons. The van der Waals surface area contributed by atoms with E-state index in [1.165, 1.54) is 31.3 Å². The molecule has 0 aromatic carbocycles. The Morgan fingerprint density at radius 1 is 0.971 bits per heavy atom. The Hall–Kier alpha value is -1.69. The van der Waals surface area contributed by atoms with E-state index in [2.05, 4.69) is 47.6 Å². The van der Waals surface area contributed by atoms with Gasteiger partial charge >= 0.3 is 0 Å². The zero-order chi connectivity index (χ0) is 25.8. The lowest BCUT2D eigenvalue weighted by Crippen LogP contribution is -2.64. The molecule has 7 atom stereocenters. The van der Waals surface area contributed by atoms with Crippen molar-refractivity contribution in [2.45, 2.75) is 107 Å². The third-order valence-electron chi connectivity index (χ3n) is 12.7. The highest BCUT2D eigenvalue weighted by Crippen LogP contribution is 2.74. The van der Waals surface area contributed by atoms with Gasteiger partial charge in [-0.05, 0) is 84.5 Å². The minimum Gasteiger partial charge on any atom is -0.295 e. The lowest BCUT2D eigenvalue weighted by Gasteiger charge is -2.69. The number of allylic oxidation sites excluding steroid dienone is 4. The third kappa shape index (κ3) is 2.95. The highest BCUT2D eigenvalue weighted by molar-refractivity contribution is 6.04. The van der Waals surface area contributed by atoms with Crippen LogP contribution in [-0.4, -0.2) is 11.6 Å². The van der Waals surface area contributed by atoms with Gasteiger partial charge in [0.1, 0.15) is 6.07 Å². The summed E-state index contributed by atoms with van der Waals surface area (Å²) in [6.45, 7) is 18.3. The summed E-state index contributed by atoms with van der Waals surface area (Å²) in [6, 6.07) is 2.21. The molecule has 3 unspecified atom stereocenters. The molecular formula is C32H45NO2. The quantitative estimate of drug-likeness (QED) is 0.392. The van der Waals surface area contributed by atoms with Crippen LogP contribution in [0.15, 0.2) is 23.3 Å². The number of rotatable bonds is 1. The first-order valence-corrected chi connectivity index (χ1v) is 14.1. The Labute approximate surface area is 212 Å². The fourth-order valence-electron chi connectivity index (χ4n) is 10.4. The largest absolute Gasteiger partial charge is 0.295 e. The molecule has 0 radical (unpaired) electrons. The predicted molar refractivity (Wildman–Crippen MR) is 139 cm³/mol. The van der Waals surface area contributed by atoms with Crippen molar-refractivity contribution >= 4 is 11.6 Å². The molecule has 0 aromatic heterocycles. The molecule has 0 amide bonds. The van der Waals surface area contributed by atoms with Crippen LogP contribution in [0, 0.1) is 61.6 Å². The topological polar surface area (TPSA) is 57.9 Å². The number of Topliss-reactive ketones (excluding diaryl/α,β-unsaturated/α-hetero) is 1. The summed E-state index contributed by atoms with van der Waals surface area (Å²) < 4.78 is 0. The molecule has 0 bridgehead atoms. The van der Waals surface area contributed by atoms with Crippen LogP contribution >= 0.6 is 0 Å². The summed E-state index contributed by atoms with van der Waals surface area (Å²) in [5, 5.41) is 9.86. The van der Waals surface area contributed by atoms with Crippen LogP contribution in [0.4, 0.5) is 0 Å². The molecule has 3 fully saturated rings. The highest BCUT2D eigenvalue weighted by Gasteiger charge is 2.69. The van der Waals surface area contributed by atoms with Crippen LogP contribution in [0.1, 0.15) is 107 Å². The molecule has 0 spiro atoms. The Kier molecular flexibility index (Phi) is 5.14. The smallest absolute Gasteiger partial charge is 0.178 e. The van der Waals surface area contributed by atoms with Gasteiger partial charge in [0.25, 0.3) is 0 Å². The molecule has 0 aliphatic heterocycles. The minimum atomic E-state index is -0.602. The van der Waals surface area contributed by atoms with Gasteiger partial charge in [-0.1, -0.05) is 73.5 Å². The van der Waals surface area contributed by atoms with Crippen LogP contribution in [0.5, 0.6) is 0 Å². The van der Waals surface area contributed by atoms with Gasteiger partial charge in [0.15, 0.2) is 11.6 Å². The first kappa shape index (κ1) is 25.0. The maximum Gasteiger partial charge on any atom is 0.178 e. The second-order valence-corrected chi connectivity index (χ2v) is 15.0. The Balaban J connectivity index is 1.70. The molecule has 3 saturated carbocycles. The van der Waals surface area contributed by atoms with Gasteiger partial charge in [0.2, 0.25) is 0 Å². The van der Waals surface area contributed by atoms with Crippen LogP contribution in [0.25, 0.3) is 0 Å². The summed E-state index contributed by atoms with van der Waals surface area (Å²) in [4.78, 5) is 27.5. The van der Waals surface area contributed by atoms with Crippen LogP contribution in [0.2, 0.25) is 0 Å². The van der Waals surface area contributed by atoms with E-state index in [9.17, 15) is 14.9 Å². The van der Waals surface area contributed by atoms with E-state index in [1.54, 1.807) is 0 Å². The lowest BCUT2D eigenvalue weighted by atomic mass is 9.34. The van der Waals surface area contributed by atoms with Gasteiger partial charge in [0, 0.05) is 16.7 Å². The van der Waals surface area contributed by atoms with Crippen molar-refractivity contribution in [3.63, 3.8) is 0 Å². The number of fused-ring (bicyclic) bond motifs is 7. The molecule has 3 heteroatoms. The Morgan fingerprint density at radius 2 is 1.63 bits per heavy atom. The van der Waals surface area contributed by atoms with E-state index < -0.39 is 10.8 Å². The first-order valence-electron chi connectivity index (χ1n) is 14.1. The first-order chi connectivity index (χ1) is 16.1. The van der Waals surface area contributed by atoms with Gasteiger partial charge in [-0.15, -0.1) is 0 Å². The predicted octanol–water partition coefficient (Wildman–Crippen LogP) is 7.62. The molecule has 35 heavy (non-hydrogen) atoms. The number of ketones is 2. The van der Waals surface area contributed by atoms with E-state index in [0.717, 1.165) is 25.7 Å². The van der Waals surface area contributed by atoms with E-state index in [0.29, 0.717) is 17.1 Å². The van der Waals surface area contributed by atoms with Gasteiger partial charge in [-0.3, -0.25) is 9.59 Å². The van der Waals surface area contributed by atoms with Gasteiger partial charge in [-0.2, -0.15) is 5.26 Å². The second-order valence-electron chi connectivity index (χ2n) is 15.0. The summed E-state index contributed by atoms with van der Waals surface area (Å²) in [7, 11) is 0. The van der Waals surface area contributed by atoms with Crippen molar-refractivity contribution in [1.29, 1.82) is 5.26 Å². The standard InChI is InChI=1S/C32H45NO2/c1-9-32-14-12-27(2,3)18-21(32)25-22(34)16-24-29(6)17-20(19-33)26(35)28(4,5)23(29)10-11-30(24,7)31(25,8)13-15-32/h16-17,21,23,25H,9-15,18H2,1-8H3/t21?,23?,25?,29-,30+,31+,32+/m0/s1. The molecule has 0 aromatic rings. The normalized spacial score (nSPS) is 47.8. The molecular weight excluding hydrogens is 430 g/mol. The third-order valence-corrected chi connectivity index (χ3v) is 12.7. The summed E-state index contributed by atoms with van der Waals surface area (Å²) in [6.07, 6.45) is 13.1. The minimum absolute atomic E-state index is 0.0345. The van der Waals surface area contributed by atoms with Gasteiger partial charge in [-0.25, -0.2) is 0 Å². The number of nitriles is 1. The van der Waals surface area contributed by atoms with Crippen LogP contribution in [0.3, 0.4) is 0 Å². The summed E-state index contributed by atoms with van der Waals surface area (Å²) in [5.74, 6) is 0.912. The van der Waals surface area contributed by atoms with Crippen molar-refractivity contribution in [2.24, 2.45) is 50.2 Å². The van der Waals surface area contributed by atoms with Crippen molar-refractivity contribution < 1.29 is 9.59 Å². The number of hydrogen-bond donors (Lipinski definition) is 0. The SMILES string of the molecule is CC[C@]12CCC(C)(C)CC1C1C(=O)C=C3[C@@]4(C)C=C(C#N)C(=O)C(C)(C)C4CC[C@@]3(C)[C@]1(C)CC2. The van der Waals surface area contributed by atoms with E-state index >= 15 is 0 Å². The summed E-state index contributed by atoms with van der Waals surface area (Å²) in [5.41, 5.74) is 0.828. The molecule has 5 rings (SSSR count). The van der Waals surface area contributed by atoms with Crippen molar-refractivity contribution in [3.05, 3.63) is 23.3 Å². The lowest BCUT2D eigenvalue weighted by molar-refractivity contribution is -0.171. The maximum absolute atomic E-state index is 14.3.